The molecule has 10 rings (SSSR count). The number of anilines is 5. The molecule has 0 aliphatic heterocycles. The predicted molar refractivity (Wildman–Crippen MR) is 220 cm³/mol. The standard InChI is InChI=1S/C49H36N2/c1-50(47-31-30-45-43-17-8-13-36-12-7-16-42(48(36)43)44-18-9-19-46(47)49(44)45)38-25-20-34(21-26-38)35-22-27-40(28-23-35)51(39-14-3-2-4-15-39)41-29-24-33-10-5-6-11-37(33)32-41/h2-4,6-9,11-32H,5,10H2,1H3. The van der Waals surface area contributed by atoms with Crippen molar-refractivity contribution in [2.24, 2.45) is 0 Å². The number of hydrogen-bond donors (Lipinski definition) is 0. The Balaban J connectivity index is 0.979. The lowest BCUT2D eigenvalue weighted by atomic mass is 9.89. The molecule has 0 radical (unpaired) electrons. The Morgan fingerprint density at radius 2 is 1.04 bits per heavy atom. The van der Waals surface area contributed by atoms with Crippen LogP contribution in [0.2, 0.25) is 0 Å². The van der Waals surface area contributed by atoms with Crippen LogP contribution in [0.1, 0.15) is 17.5 Å². The van der Waals surface area contributed by atoms with Gasteiger partial charge in [-0.25, -0.2) is 0 Å². The minimum atomic E-state index is 1.11. The number of para-hydroxylation sites is 1. The third kappa shape index (κ3) is 4.87. The Labute approximate surface area is 298 Å². The van der Waals surface area contributed by atoms with Gasteiger partial charge in [-0.05, 0) is 127 Å². The summed E-state index contributed by atoms with van der Waals surface area (Å²) in [4.78, 5) is 4.67. The largest absolute Gasteiger partial charge is 0.344 e. The van der Waals surface area contributed by atoms with Gasteiger partial charge in [0.15, 0.2) is 0 Å². The molecule has 0 saturated heterocycles. The minimum Gasteiger partial charge on any atom is -0.344 e. The van der Waals surface area contributed by atoms with E-state index >= 15 is 0 Å². The highest BCUT2D eigenvalue weighted by atomic mass is 15.1. The Hall–Kier alpha value is -6.38. The molecule has 1 aliphatic rings. The van der Waals surface area contributed by atoms with E-state index in [4.69, 9.17) is 0 Å². The number of aryl methyl sites for hydroxylation is 1. The molecule has 0 unspecified atom stereocenters. The van der Waals surface area contributed by atoms with Crippen LogP contribution in [0.25, 0.3) is 60.3 Å². The van der Waals surface area contributed by atoms with Crippen molar-refractivity contribution in [2.75, 3.05) is 16.8 Å². The summed E-state index contributed by atoms with van der Waals surface area (Å²) < 4.78 is 0. The van der Waals surface area contributed by atoms with E-state index in [1.54, 1.807) is 0 Å². The van der Waals surface area contributed by atoms with Crippen LogP contribution in [0.5, 0.6) is 0 Å². The molecule has 0 bridgehead atoms. The summed E-state index contributed by atoms with van der Waals surface area (Å²) in [7, 11) is 2.18. The van der Waals surface area contributed by atoms with E-state index in [0.717, 1.165) is 29.9 Å². The molecule has 0 atom stereocenters. The van der Waals surface area contributed by atoms with Crippen molar-refractivity contribution in [1.82, 2.24) is 0 Å². The Morgan fingerprint density at radius 1 is 0.451 bits per heavy atom. The first-order chi connectivity index (χ1) is 25.2. The zero-order valence-corrected chi connectivity index (χ0v) is 28.6. The van der Waals surface area contributed by atoms with Crippen molar-refractivity contribution in [3.05, 3.63) is 181 Å². The van der Waals surface area contributed by atoms with Crippen LogP contribution in [-0.2, 0) is 6.42 Å². The van der Waals surface area contributed by atoms with Gasteiger partial charge in [0.25, 0.3) is 0 Å². The van der Waals surface area contributed by atoms with Crippen molar-refractivity contribution in [1.29, 1.82) is 0 Å². The van der Waals surface area contributed by atoms with Gasteiger partial charge in [-0.3, -0.25) is 0 Å². The highest BCUT2D eigenvalue weighted by molar-refractivity contribution is 6.34. The van der Waals surface area contributed by atoms with Gasteiger partial charge in [0.1, 0.15) is 0 Å². The molecule has 0 saturated carbocycles. The predicted octanol–water partition coefficient (Wildman–Crippen LogP) is 13.6. The Kier molecular flexibility index (Phi) is 6.89. The molecule has 9 aromatic rings. The molecule has 0 N–H and O–H groups in total. The lowest BCUT2D eigenvalue weighted by Gasteiger charge is -2.27. The molecule has 1 aliphatic carbocycles. The van der Waals surface area contributed by atoms with Crippen molar-refractivity contribution in [2.45, 2.75) is 12.8 Å². The molecular weight excluding hydrogens is 617 g/mol. The highest BCUT2D eigenvalue weighted by Crippen LogP contribution is 2.44. The van der Waals surface area contributed by atoms with Crippen LogP contribution < -0.4 is 9.80 Å². The van der Waals surface area contributed by atoms with Gasteiger partial charge in [-0.1, -0.05) is 121 Å². The summed E-state index contributed by atoms with van der Waals surface area (Å²) in [5.74, 6) is 0. The second-order valence-corrected chi connectivity index (χ2v) is 13.7. The first-order valence-corrected chi connectivity index (χ1v) is 17.9. The van der Waals surface area contributed by atoms with Gasteiger partial charge in [0.2, 0.25) is 0 Å². The molecule has 9 aromatic carbocycles. The fraction of sp³-hybridized carbons (Fsp3) is 0.0612. The number of hydrogen-bond acceptors (Lipinski definition) is 2. The van der Waals surface area contributed by atoms with Crippen LogP contribution in [-0.4, -0.2) is 7.05 Å². The molecule has 0 fully saturated rings. The Morgan fingerprint density at radius 3 is 1.76 bits per heavy atom. The van der Waals surface area contributed by atoms with E-state index in [1.807, 2.05) is 0 Å². The average Bonchev–Trinajstić information content (AvgIpc) is 3.20. The number of fused-ring (bicyclic) bond motifs is 3. The van der Waals surface area contributed by atoms with E-state index in [2.05, 4.69) is 193 Å². The summed E-state index contributed by atoms with van der Waals surface area (Å²) >= 11 is 0. The summed E-state index contributed by atoms with van der Waals surface area (Å²) in [5, 5.41) is 10.5. The highest BCUT2D eigenvalue weighted by Gasteiger charge is 2.18. The molecule has 0 aromatic heterocycles. The maximum Gasteiger partial charge on any atom is 0.0488 e. The van der Waals surface area contributed by atoms with Gasteiger partial charge in [0, 0.05) is 40.9 Å². The van der Waals surface area contributed by atoms with E-state index in [-0.39, 0.29) is 0 Å². The van der Waals surface area contributed by atoms with E-state index < -0.39 is 0 Å². The zero-order valence-electron chi connectivity index (χ0n) is 28.6. The van der Waals surface area contributed by atoms with Gasteiger partial charge in [-0.2, -0.15) is 0 Å². The summed E-state index contributed by atoms with van der Waals surface area (Å²) in [6.07, 6.45) is 6.77. The second-order valence-electron chi connectivity index (χ2n) is 13.7. The molecule has 0 spiro atoms. The summed E-state index contributed by atoms with van der Waals surface area (Å²) in [5.41, 5.74) is 11.0. The van der Waals surface area contributed by atoms with Crippen LogP contribution in [0.15, 0.2) is 170 Å². The van der Waals surface area contributed by atoms with Gasteiger partial charge in [0.05, 0.1) is 0 Å². The first-order valence-electron chi connectivity index (χ1n) is 17.9. The minimum absolute atomic E-state index is 1.11. The van der Waals surface area contributed by atoms with Crippen LogP contribution in [0.4, 0.5) is 28.4 Å². The second kappa shape index (κ2) is 11.9. The van der Waals surface area contributed by atoms with Gasteiger partial charge in [-0.15, -0.1) is 0 Å². The van der Waals surface area contributed by atoms with Crippen molar-refractivity contribution in [3.63, 3.8) is 0 Å². The SMILES string of the molecule is CN(c1ccc(-c2ccc(N(c3ccccc3)c3ccc4c(c3)C=CCC4)cc2)cc1)c1ccc2c3cccc4cccc(c5cccc1c52)c43. The fourth-order valence-electron chi connectivity index (χ4n) is 8.32. The van der Waals surface area contributed by atoms with Crippen LogP contribution >= 0.6 is 0 Å². The lowest BCUT2D eigenvalue weighted by Crippen LogP contribution is -2.10. The van der Waals surface area contributed by atoms with E-state index in [9.17, 15) is 0 Å². The third-order valence-electron chi connectivity index (χ3n) is 10.9. The lowest BCUT2D eigenvalue weighted by molar-refractivity contribution is 0.985. The molecule has 242 valence electrons. The maximum absolute atomic E-state index is 2.35. The molecule has 0 amide bonds. The van der Waals surface area contributed by atoms with Crippen molar-refractivity contribution >= 4 is 77.6 Å². The maximum atomic E-state index is 2.35. The molecule has 51 heavy (non-hydrogen) atoms. The third-order valence-corrected chi connectivity index (χ3v) is 10.9. The van der Waals surface area contributed by atoms with Crippen LogP contribution in [0.3, 0.4) is 0 Å². The zero-order chi connectivity index (χ0) is 33.9. The molecule has 2 nitrogen and oxygen atoms in total. The quantitative estimate of drug-likeness (QED) is 0.130. The summed E-state index contributed by atoms with van der Waals surface area (Å²) in [6, 6.07) is 60.2. The number of rotatable bonds is 6. The van der Waals surface area contributed by atoms with Gasteiger partial charge >= 0.3 is 0 Å². The van der Waals surface area contributed by atoms with Crippen LogP contribution in [0, 0.1) is 0 Å². The number of nitrogens with zero attached hydrogens (tertiary/aromatic N) is 2. The molecule has 0 heterocycles. The Bertz CT molecular complexity index is 2690. The van der Waals surface area contributed by atoms with Crippen molar-refractivity contribution < 1.29 is 0 Å². The smallest absolute Gasteiger partial charge is 0.0488 e. The van der Waals surface area contributed by atoms with E-state index in [0.29, 0.717) is 0 Å². The van der Waals surface area contributed by atoms with E-state index in [1.165, 1.54) is 76.7 Å². The fourth-order valence-corrected chi connectivity index (χ4v) is 8.32. The monoisotopic (exact) mass is 652 g/mol. The first kappa shape index (κ1) is 29.5. The normalized spacial score (nSPS) is 12.6. The van der Waals surface area contributed by atoms with Crippen molar-refractivity contribution in [3.8, 4) is 11.1 Å². The number of benzene rings is 9. The average molecular weight is 653 g/mol. The topological polar surface area (TPSA) is 6.48 Å². The number of allylic oxidation sites excluding steroid dienone is 1. The molecular formula is C49H36N2. The summed E-state index contributed by atoms with van der Waals surface area (Å²) in [6.45, 7) is 0. The van der Waals surface area contributed by atoms with Gasteiger partial charge < -0.3 is 9.80 Å². The molecule has 2 heteroatoms.